The first-order valence-corrected chi connectivity index (χ1v) is 7.76. The molecule has 0 aromatic carbocycles. The molecule has 0 aliphatic rings. The topological polar surface area (TPSA) is 87.8 Å². The Bertz CT molecular complexity index is 685. The van der Waals surface area contributed by atoms with Crippen LogP contribution in [-0.2, 0) is 10.0 Å². The van der Waals surface area contributed by atoms with Crippen LogP contribution in [0.15, 0.2) is 28.0 Å². The lowest BCUT2D eigenvalue weighted by Crippen LogP contribution is -2.28. The van der Waals surface area contributed by atoms with Crippen molar-refractivity contribution in [3.05, 3.63) is 23.1 Å². The normalized spacial score (nSPS) is 12.4. The van der Waals surface area contributed by atoms with Gasteiger partial charge < -0.3 is 5.11 Å². The average molecular weight is 349 g/mol. The van der Waals surface area contributed by atoms with Crippen LogP contribution in [0.25, 0.3) is 5.65 Å². The number of fused-ring (bicyclic) bond motifs is 1. The van der Waals surface area contributed by atoms with Crippen molar-refractivity contribution < 1.29 is 13.5 Å². The van der Waals surface area contributed by atoms with E-state index in [0.717, 1.165) is 0 Å². The summed E-state index contributed by atoms with van der Waals surface area (Å²) in [5.74, 6) is 0. The number of hydrogen-bond donors (Lipinski definition) is 1. The first-order chi connectivity index (χ1) is 8.96. The number of aliphatic hydroxyl groups excluding tert-OH is 1. The van der Waals surface area contributed by atoms with Gasteiger partial charge >= 0.3 is 0 Å². The molecule has 0 saturated heterocycles. The van der Waals surface area contributed by atoms with Crippen LogP contribution in [0.1, 0.15) is 6.42 Å². The van der Waals surface area contributed by atoms with Crippen LogP contribution in [0.2, 0.25) is 0 Å². The molecule has 9 heteroatoms. The second kappa shape index (κ2) is 5.53. The summed E-state index contributed by atoms with van der Waals surface area (Å²) in [6.45, 7) is 0.187. The number of aromatic nitrogens is 3. The Kier molecular flexibility index (Phi) is 4.19. The van der Waals surface area contributed by atoms with Gasteiger partial charge in [-0.1, -0.05) is 0 Å². The van der Waals surface area contributed by atoms with Gasteiger partial charge in [-0.15, -0.1) is 0 Å². The lowest BCUT2D eigenvalue weighted by atomic mass is 10.5. The molecule has 0 unspecified atom stereocenters. The molecule has 0 aliphatic carbocycles. The number of sulfonamides is 1. The number of nitrogens with zero attached hydrogens (tertiary/aromatic N) is 4. The second-order valence-electron chi connectivity index (χ2n) is 3.95. The van der Waals surface area contributed by atoms with Crippen LogP contribution in [-0.4, -0.2) is 52.6 Å². The molecule has 0 amide bonds. The zero-order valence-corrected chi connectivity index (χ0v) is 12.6. The summed E-state index contributed by atoms with van der Waals surface area (Å²) in [6, 6.07) is 0. The molecular formula is C10H13BrN4O3S. The minimum absolute atomic E-state index is 0.0557. The SMILES string of the molecule is CN(CCCO)S(=O)(=O)c1cnn2cc(Br)cnc12. The van der Waals surface area contributed by atoms with Crippen molar-refractivity contribution in [1.29, 1.82) is 0 Å². The van der Waals surface area contributed by atoms with Crippen molar-refractivity contribution in [1.82, 2.24) is 18.9 Å². The third-order valence-corrected chi connectivity index (χ3v) is 4.87. The van der Waals surface area contributed by atoms with Crippen LogP contribution in [0.4, 0.5) is 0 Å². The Labute approximate surface area is 119 Å². The van der Waals surface area contributed by atoms with Crippen LogP contribution < -0.4 is 0 Å². The summed E-state index contributed by atoms with van der Waals surface area (Å²) >= 11 is 3.24. The highest BCUT2D eigenvalue weighted by Crippen LogP contribution is 2.20. The summed E-state index contributed by atoms with van der Waals surface area (Å²) in [6.07, 6.45) is 4.81. The van der Waals surface area contributed by atoms with Crippen molar-refractivity contribution in [3.63, 3.8) is 0 Å². The molecule has 0 atom stereocenters. The maximum Gasteiger partial charge on any atom is 0.248 e. The van der Waals surface area contributed by atoms with Crippen LogP contribution in [0.5, 0.6) is 0 Å². The molecule has 104 valence electrons. The summed E-state index contributed by atoms with van der Waals surface area (Å²) in [4.78, 5) is 4.12. The van der Waals surface area contributed by atoms with Crippen LogP contribution in [0.3, 0.4) is 0 Å². The minimum atomic E-state index is -3.65. The average Bonchev–Trinajstić information content (AvgIpc) is 2.79. The third-order valence-electron chi connectivity index (χ3n) is 2.61. The van der Waals surface area contributed by atoms with E-state index in [1.165, 1.54) is 28.3 Å². The molecule has 0 radical (unpaired) electrons. The quantitative estimate of drug-likeness (QED) is 0.849. The molecule has 1 N–H and O–H groups in total. The third kappa shape index (κ3) is 2.78. The number of halogens is 1. The van der Waals surface area contributed by atoms with Gasteiger partial charge in [0.1, 0.15) is 4.90 Å². The van der Waals surface area contributed by atoms with Gasteiger partial charge in [-0.05, 0) is 22.4 Å². The molecule has 2 heterocycles. The fraction of sp³-hybridized carbons (Fsp3) is 0.400. The number of rotatable bonds is 5. The molecule has 0 spiro atoms. The van der Waals surface area contributed by atoms with E-state index in [2.05, 4.69) is 26.0 Å². The molecular weight excluding hydrogens is 336 g/mol. The van der Waals surface area contributed by atoms with E-state index in [1.807, 2.05) is 0 Å². The van der Waals surface area contributed by atoms with E-state index >= 15 is 0 Å². The van der Waals surface area contributed by atoms with Gasteiger partial charge in [-0.3, -0.25) is 0 Å². The first kappa shape index (κ1) is 14.4. The highest BCUT2D eigenvalue weighted by molar-refractivity contribution is 9.10. The fourth-order valence-electron chi connectivity index (χ4n) is 1.59. The van der Waals surface area contributed by atoms with Gasteiger partial charge in [-0.2, -0.15) is 5.10 Å². The zero-order chi connectivity index (χ0) is 14.0. The van der Waals surface area contributed by atoms with Gasteiger partial charge in [0.2, 0.25) is 10.0 Å². The maximum atomic E-state index is 12.3. The van der Waals surface area contributed by atoms with Gasteiger partial charge in [-0.25, -0.2) is 22.2 Å². The predicted octanol–water partition coefficient (Wildman–Crippen LogP) is 0.495. The zero-order valence-electron chi connectivity index (χ0n) is 10.2. The van der Waals surface area contributed by atoms with Gasteiger partial charge in [0.15, 0.2) is 5.65 Å². The lowest BCUT2D eigenvalue weighted by molar-refractivity contribution is 0.275. The summed E-state index contributed by atoms with van der Waals surface area (Å²) in [5.41, 5.74) is 0.277. The smallest absolute Gasteiger partial charge is 0.248 e. The Balaban J connectivity index is 2.43. The largest absolute Gasteiger partial charge is 0.396 e. The lowest BCUT2D eigenvalue weighted by Gasteiger charge is -2.15. The van der Waals surface area contributed by atoms with Crippen molar-refractivity contribution in [3.8, 4) is 0 Å². The predicted molar refractivity (Wildman–Crippen MR) is 72.2 cm³/mol. The van der Waals surface area contributed by atoms with E-state index in [0.29, 0.717) is 10.9 Å². The molecule has 2 aromatic heterocycles. The van der Waals surface area contributed by atoms with Crippen molar-refractivity contribution in [2.75, 3.05) is 20.2 Å². The van der Waals surface area contributed by atoms with Gasteiger partial charge in [0, 0.05) is 32.6 Å². The highest BCUT2D eigenvalue weighted by atomic mass is 79.9. The molecule has 7 nitrogen and oxygen atoms in total. The molecule has 2 aromatic rings. The van der Waals surface area contributed by atoms with E-state index in [-0.39, 0.29) is 23.7 Å². The standard InChI is InChI=1S/C10H13BrN4O3S/c1-14(3-2-4-16)19(17,18)9-6-13-15-7-8(11)5-12-10(9)15/h5-7,16H,2-4H2,1H3. The van der Waals surface area contributed by atoms with Crippen LogP contribution >= 0.6 is 15.9 Å². The Hall–Kier alpha value is -1.03. The fourth-order valence-corrected chi connectivity index (χ4v) is 3.15. The van der Waals surface area contributed by atoms with Crippen molar-refractivity contribution in [2.24, 2.45) is 0 Å². The Morgan fingerprint density at radius 2 is 2.21 bits per heavy atom. The Morgan fingerprint density at radius 3 is 2.89 bits per heavy atom. The summed E-state index contributed by atoms with van der Waals surface area (Å²) in [7, 11) is -2.18. The van der Waals surface area contributed by atoms with Gasteiger partial charge in [0.25, 0.3) is 0 Å². The molecule has 19 heavy (non-hydrogen) atoms. The van der Waals surface area contributed by atoms with Crippen LogP contribution in [0, 0.1) is 0 Å². The van der Waals surface area contributed by atoms with E-state index < -0.39 is 10.0 Å². The van der Waals surface area contributed by atoms with E-state index in [1.54, 1.807) is 6.20 Å². The summed E-state index contributed by atoms with van der Waals surface area (Å²) in [5, 5.41) is 12.7. The number of aliphatic hydroxyl groups is 1. The molecule has 0 fully saturated rings. The Morgan fingerprint density at radius 1 is 1.47 bits per heavy atom. The molecule has 0 aliphatic heterocycles. The maximum absolute atomic E-state index is 12.3. The highest BCUT2D eigenvalue weighted by Gasteiger charge is 2.25. The molecule has 2 rings (SSSR count). The molecule has 0 saturated carbocycles. The molecule has 0 bridgehead atoms. The van der Waals surface area contributed by atoms with E-state index in [9.17, 15) is 8.42 Å². The van der Waals surface area contributed by atoms with Crippen molar-refractivity contribution >= 4 is 31.6 Å². The van der Waals surface area contributed by atoms with E-state index in [4.69, 9.17) is 5.11 Å². The van der Waals surface area contributed by atoms with Crippen molar-refractivity contribution in [2.45, 2.75) is 11.3 Å². The number of hydrogen-bond acceptors (Lipinski definition) is 5. The minimum Gasteiger partial charge on any atom is -0.396 e. The van der Waals surface area contributed by atoms with Gasteiger partial charge in [0.05, 0.1) is 10.7 Å². The second-order valence-corrected chi connectivity index (χ2v) is 6.88. The monoisotopic (exact) mass is 348 g/mol. The summed E-state index contributed by atoms with van der Waals surface area (Å²) < 4.78 is 28.0. The first-order valence-electron chi connectivity index (χ1n) is 5.53.